The molecular weight excluding hydrogens is 384 g/mol. The van der Waals surface area contributed by atoms with Gasteiger partial charge in [-0.3, -0.25) is 9.59 Å². The van der Waals surface area contributed by atoms with Crippen LogP contribution in [0.4, 0.5) is 11.4 Å². The Bertz CT molecular complexity index is 913. The summed E-state index contributed by atoms with van der Waals surface area (Å²) in [5, 5.41) is 2.99. The molecule has 1 fully saturated rings. The van der Waals surface area contributed by atoms with Gasteiger partial charge in [0.15, 0.2) is 0 Å². The third-order valence-corrected chi connectivity index (χ3v) is 4.85. The molecule has 1 aliphatic rings. The molecule has 1 saturated heterocycles. The largest absolute Gasteiger partial charge is 0.497 e. The lowest BCUT2D eigenvalue weighted by Crippen LogP contribution is -2.28. The van der Waals surface area contributed by atoms with Crippen molar-refractivity contribution in [2.24, 2.45) is 5.92 Å². The topological polar surface area (TPSA) is 84.9 Å². The third-order valence-electron chi connectivity index (χ3n) is 4.53. The van der Waals surface area contributed by atoms with Crippen LogP contribution in [0.5, 0.6) is 5.75 Å². The molecule has 0 aliphatic carbocycles. The number of ether oxygens (including phenoxy) is 2. The SMILES string of the molecule is COC(=O)c1ccc(Cl)c(NC(=O)[C@H]2CC(=O)N(c3ccc(OC)cc3)C2)c1. The van der Waals surface area contributed by atoms with Crippen molar-refractivity contribution in [3.63, 3.8) is 0 Å². The summed E-state index contributed by atoms with van der Waals surface area (Å²) in [6.07, 6.45) is 0.0895. The molecule has 0 spiro atoms. The number of hydrogen-bond donors (Lipinski definition) is 1. The second-order valence-corrected chi connectivity index (χ2v) is 6.69. The predicted octanol–water partition coefficient (Wildman–Crippen LogP) is 3.13. The van der Waals surface area contributed by atoms with Crippen LogP contribution < -0.4 is 15.0 Å². The fourth-order valence-corrected chi connectivity index (χ4v) is 3.16. The van der Waals surface area contributed by atoms with Gasteiger partial charge in [0, 0.05) is 18.7 Å². The number of rotatable bonds is 5. The van der Waals surface area contributed by atoms with Gasteiger partial charge in [-0.2, -0.15) is 0 Å². The van der Waals surface area contributed by atoms with Crippen molar-refractivity contribution >= 4 is 40.8 Å². The number of esters is 1. The van der Waals surface area contributed by atoms with Gasteiger partial charge in [0.1, 0.15) is 5.75 Å². The van der Waals surface area contributed by atoms with Crippen LogP contribution >= 0.6 is 11.6 Å². The number of nitrogens with zero attached hydrogens (tertiary/aromatic N) is 1. The summed E-state index contributed by atoms with van der Waals surface area (Å²) in [5.74, 6) is -0.862. The Hall–Kier alpha value is -3.06. The van der Waals surface area contributed by atoms with Crippen LogP contribution in [-0.2, 0) is 14.3 Å². The van der Waals surface area contributed by atoms with Crippen LogP contribution in [0, 0.1) is 5.92 Å². The van der Waals surface area contributed by atoms with Gasteiger partial charge in [-0.25, -0.2) is 4.79 Å². The standard InChI is InChI=1S/C20H19ClN2O5/c1-27-15-6-4-14(5-7-15)23-11-13(10-18(23)24)19(25)22-17-9-12(20(26)28-2)3-8-16(17)21/h3-9,13H,10-11H2,1-2H3,(H,22,25)/t13-/m0/s1. The van der Waals surface area contributed by atoms with Crippen molar-refractivity contribution in [1.29, 1.82) is 0 Å². The molecule has 2 amide bonds. The van der Waals surface area contributed by atoms with E-state index in [-0.39, 0.29) is 35.4 Å². The minimum Gasteiger partial charge on any atom is -0.497 e. The second-order valence-electron chi connectivity index (χ2n) is 6.28. The van der Waals surface area contributed by atoms with Crippen molar-refractivity contribution in [2.45, 2.75) is 6.42 Å². The average Bonchev–Trinajstić information content (AvgIpc) is 3.11. The number of carbonyl (C=O) groups excluding carboxylic acids is 3. The summed E-state index contributed by atoms with van der Waals surface area (Å²) < 4.78 is 9.79. The molecule has 28 heavy (non-hydrogen) atoms. The highest BCUT2D eigenvalue weighted by molar-refractivity contribution is 6.34. The van der Waals surface area contributed by atoms with E-state index in [0.717, 1.165) is 0 Å². The summed E-state index contributed by atoms with van der Waals surface area (Å²) >= 11 is 6.12. The highest BCUT2D eigenvalue weighted by Crippen LogP contribution is 2.29. The number of carbonyl (C=O) groups is 3. The van der Waals surface area contributed by atoms with Crippen LogP contribution in [0.15, 0.2) is 42.5 Å². The summed E-state index contributed by atoms with van der Waals surface area (Å²) in [6.45, 7) is 0.255. The minimum atomic E-state index is -0.535. The number of amides is 2. The van der Waals surface area contributed by atoms with Gasteiger partial charge in [0.05, 0.1) is 36.4 Å². The summed E-state index contributed by atoms with van der Waals surface area (Å²) in [5.41, 5.74) is 1.27. The number of hydrogen-bond acceptors (Lipinski definition) is 5. The molecule has 7 nitrogen and oxygen atoms in total. The second kappa shape index (κ2) is 8.31. The smallest absolute Gasteiger partial charge is 0.337 e. The lowest BCUT2D eigenvalue weighted by Gasteiger charge is -2.17. The zero-order valence-corrected chi connectivity index (χ0v) is 16.2. The monoisotopic (exact) mass is 402 g/mol. The van der Waals surface area contributed by atoms with Gasteiger partial charge in [-0.1, -0.05) is 11.6 Å². The molecular formula is C20H19ClN2O5. The van der Waals surface area contributed by atoms with E-state index in [9.17, 15) is 14.4 Å². The summed E-state index contributed by atoms with van der Waals surface area (Å²) in [6, 6.07) is 11.5. The van der Waals surface area contributed by atoms with E-state index in [0.29, 0.717) is 17.1 Å². The zero-order valence-electron chi connectivity index (χ0n) is 15.4. The highest BCUT2D eigenvalue weighted by atomic mass is 35.5. The summed E-state index contributed by atoms with van der Waals surface area (Å²) in [4.78, 5) is 38.3. The minimum absolute atomic E-state index is 0.0895. The zero-order chi connectivity index (χ0) is 20.3. The molecule has 8 heteroatoms. The van der Waals surface area contributed by atoms with Crippen molar-refractivity contribution in [2.75, 3.05) is 31.0 Å². The van der Waals surface area contributed by atoms with Crippen LogP contribution in [-0.4, -0.2) is 38.5 Å². The Morgan fingerprint density at radius 3 is 2.50 bits per heavy atom. The quantitative estimate of drug-likeness (QED) is 0.776. The third kappa shape index (κ3) is 4.09. The Kier molecular flexibility index (Phi) is 5.84. The molecule has 0 bridgehead atoms. The van der Waals surface area contributed by atoms with Gasteiger partial charge in [0.25, 0.3) is 0 Å². The number of methoxy groups -OCH3 is 2. The maximum atomic E-state index is 12.7. The lowest BCUT2D eigenvalue weighted by atomic mass is 10.1. The maximum absolute atomic E-state index is 12.7. The molecule has 1 atom stereocenters. The van der Waals surface area contributed by atoms with Crippen LogP contribution in [0.1, 0.15) is 16.8 Å². The molecule has 2 aromatic carbocycles. The molecule has 1 N–H and O–H groups in total. The lowest BCUT2D eigenvalue weighted by molar-refractivity contribution is -0.122. The van der Waals surface area contributed by atoms with Crippen molar-refractivity contribution in [3.8, 4) is 5.75 Å². The van der Waals surface area contributed by atoms with Crippen molar-refractivity contribution < 1.29 is 23.9 Å². The molecule has 0 unspecified atom stereocenters. The van der Waals surface area contributed by atoms with E-state index in [4.69, 9.17) is 16.3 Å². The van der Waals surface area contributed by atoms with Gasteiger partial charge >= 0.3 is 5.97 Å². The first-order valence-corrected chi connectivity index (χ1v) is 8.94. The van der Waals surface area contributed by atoms with Crippen molar-refractivity contribution in [1.82, 2.24) is 0 Å². The molecule has 1 heterocycles. The van der Waals surface area contributed by atoms with E-state index in [1.54, 1.807) is 36.3 Å². The van der Waals surface area contributed by atoms with Gasteiger partial charge in [0.2, 0.25) is 11.8 Å². The van der Waals surface area contributed by atoms with E-state index >= 15 is 0 Å². The van der Waals surface area contributed by atoms with Crippen LogP contribution in [0.3, 0.4) is 0 Å². The first kappa shape index (κ1) is 19.7. The Labute approximate surface area is 167 Å². The van der Waals surface area contributed by atoms with E-state index < -0.39 is 11.9 Å². The molecule has 2 aromatic rings. The molecule has 1 aliphatic heterocycles. The van der Waals surface area contributed by atoms with E-state index in [1.165, 1.54) is 25.3 Å². The van der Waals surface area contributed by atoms with Crippen LogP contribution in [0.25, 0.3) is 0 Å². The molecule has 146 valence electrons. The Morgan fingerprint density at radius 1 is 1.14 bits per heavy atom. The molecule has 0 aromatic heterocycles. The van der Waals surface area contributed by atoms with Gasteiger partial charge < -0.3 is 19.7 Å². The maximum Gasteiger partial charge on any atom is 0.337 e. The number of halogens is 1. The fourth-order valence-electron chi connectivity index (χ4n) is 3.00. The van der Waals surface area contributed by atoms with E-state index in [1.807, 2.05) is 0 Å². The van der Waals surface area contributed by atoms with E-state index in [2.05, 4.69) is 10.1 Å². The fraction of sp³-hybridized carbons (Fsp3) is 0.250. The molecule has 3 rings (SSSR count). The normalized spacial score (nSPS) is 16.0. The highest BCUT2D eigenvalue weighted by Gasteiger charge is 2.35. The number of benzene rings is 2. The predicted molar refractivity (Wildman–Crippen MR) is 105 cm³/mol. The van der Waals surface area contributed by atoms with Crippen LogP contribution in [0.2, 0.25) is 5.02 Å². The summed E-state index contributed by atoms with van der Waals surface area (Å²) in [7, 11) is 2.84. The first-order valence-electron chi connectivity index (χ1n) is 8.56. The Balaban J connectivity index is 1.72. The number of nitrogens with one attached hydrogen (secondary N) is 1. The number of anilines is 2. The average molecular weight is 403 g/mol. The first-order chi connectivity index (χ1) is 13.4. The van der Waals surface area contributed by atoms with Crippen molar-refractivity contribution in [3.05, 3.63) is 53.1 Å². The van der Waals surface area contributed by atoms with Gasteiger partial charge in [-0.05, 0) is 42.5 Å². The van der Waals surface area contributed by atoms with Gasteiger partial charge in [-0.15, -0.1) is 0 Å². The Morgan fingerprint density at radius 2 is 1.86 bits per heavy atom. The molecule has 0 radical (unpaired) electrons. The molecule has 0 saturated carbocycles.